The Balaban J connectivity index is 1.57. The van der Waals surface area contributed by atoms with Gasteiger partial charge in [0.15, 0.2) is 0 Å². The molecule has 3 aromatic rings. The molecule has 0 radical (unpaired) electrons. The summed E-state index contributed by atoms with van der Waals surface area (Å²) in [5, 5.41) is 6.51. The second-order valence-electron chi connectivity index (χ2n) is 6.49. The lowest BCUT2D eigenvalue weighted by molar-refractivity contribution is -0.121. The minimum Gasteiger partial charge on any atom is -0.349 e. The van der Waals surface area contributed by atoms with E-state index in [0.717, 1.165) is 15.8 Å². The third-order valence-corrected chi connectivity index (χ3v) is 6.74. The van der Waals surface area contributed by atoms with Gasteiger partial charge in [0.25, 0.3) is 5.91 Å². The van der Waals surface area contributed by atoms with Gasteiger partial charge in [0, 0.05) is 6.42 Å². The molecule has 0 spiro atoms. The second kappa shape index (κ2) is 7.19. The number of aromatic amines is 1. The minimum absolute atomic E-state index is 0.0437. The van der Waals surface area contributed by atoms with Gasteiger partial charge in [-0.1, -0.05) is 54.4 Å². The Labute approximate surface area is 170 Å². The summed E-state index contributed by atoms with van der Waals surface area (Å²) in [6.07, 6.45) is 1.06. The van der Waals surface area contributed by atoms with Crippen LogP contribution in [0.5, 0.6) is 0 Å². The Morgan fingerprint density at radius 2 is 2.04 bits per heavy atom. The van der Waals surface area contributed by atoms with Crippen LogP contribution in [0.1, 0.15) is 41.0 Å². The summed E-state index contributed by atoms with van der Waals surface area (Å²) >= 11 is 13.5. The van der Waals surface area contributed by atoms with Crippen molar-refractivity contribution in [1.29, 1.82) is 0 Å². The van der Waals surface area contributed by atoms with Crippen molar-refractivity contribution in [2.24, 2.45) is 0 Å². The second-order valence-corrected chi connectivity index (χ2v) is 8.53. The summed E-state index contributed by atoms with van der Waals surface area (Å²) in [7, 11) is 0. The highest BCUT2D eigenvalue weighted by atomic mass is 35.5. The Kier molecular flexibility index (Phi) is 4.88. The molecule has 2 atom stereocenters. The number of thiophene rings is 1. The van der Waals surface area contributed by atoms with E-state index in [9.17, 15) is 9.59 Å². The van der Waals surface area contributed by atoms with Gasteiger partial charge >= 0.3 is 0 Å². The number of hydrogen-bond donors (Lipinski definition) is 3. The first-order chi connectivity index (χ1) is 13.0. The van der Waals surface area contributed by atoms with Crippen LogP contribution < -0.4 is 10.6 Å². The number of benzene rings is 1. The molecular weight excluding hydrogens is 405 g/mol. The Hall–Kier alpha value is -2.02. The molecule has 0 fully saturated rings. The van der Waals surface area contributed by atoms with E-state index in [1.165, 1.54) is 11.3 Å². The largest absolute Gasteiger partial charge is 0.349 e. The Morgan fingerprint density at radius 1 is 1.26 bits per heavy atom. The highest BCUT2D eigenvalue weighted by Crippen LogP contribution is 2.39. The Bertz CT molecular complexity index is 1040. The number of amides is 2. The molecule has 5 nitrogen and oxygen atoms in total. The smallest absolute Gasteiger partial charge is 0.268 e. The van der Waals surface area contributed by atoms with Crippen LogP contribution in [-0.2, 0) is 11.2 Å². The van der Waals surface area contributed by atoms with E-state index in [1.54, 1.807) is 6.07 Å². The van der Waals surface area contributed by atoms with Crippen LogP contribution >= 0.6 is 34.5 Å². The minimum atomic E-state index is -0.244. The van der Waals surface area contributed by atoms with Crippen molar-refractivity contribution in [2.75, 3.05) is 0 Å². The summed E-state index contributed by atoms with van der Waals surface area (Å²) in [6, 6.07) is 9.21. The monoisotopic (exact) mass is 421 g/mol. The summed E-state index contributed by atoms with van der Waals surface area (Å²) < 4.78 is 1.33. The summed E-state index contributed by atoms with van der Waals surface area (Å²) in [5.41, 5.74) is 3.27. The van der Waals surface area contributed by atoms with Crippen molar-refractivity contribution in [3.63, 3.8) is 0 Å². The first-order valence-electron chi connectivity index (χ1n) is 8.62. The normalized spacial score (nSPS) is 18.5. The van der Waals surface area contributed by atoms with E-state index in [0.29, 0.717) is 33.4 Å². The predicted molar refractivity (Wildman–Crippen MR) is 109 cm³/mol. The van der Waals surface area contributed by atoms with Crippen molar-refractivity contribution in [3.05, 3.63) is 56.5 Å². The zero-order valence-corrected chi connectivity index (χ0v) is 16.8. The van der Waals surface area contributed by atoms with E-state index < -0.39 is 0 Å². The summed E-state index contributed by atoms with van der Waals surface area (Å²) in [5.74, 6) is -0.281. The molecule has 2 heterocycles. The van der Waals surface area contributed by atoms with E-state index in [1.807, 2.05) is 31.2 Å². The number of rotatable bonds is 4. The SMILES string of the molecule is CCC(=O)NC1c2ccccc2CC1NC(=O)c1cc2sc(Cl)c(Cl)c2[nH]1. The van der Waals surface area contributed by atoms with Crippen LogP contribution in [0, 0.1) is 0 Å². The van der Waals surface area contributed by atoms with Crippen LogP contribution in [-0.4, -0.2) is 22.8 Å². The number of nitrogens with one attached hydrogen (secondary N) is 3. The number of carbonyl (C=O) groups is 2. The maximum atomic E-state index is 12.8. The molecule has 2 aromatic heterocycles. The Morgan fingerprint density at radius 3 is 2.78 bits per heavy atom. The van der Waals surface area contributed by atoms with Crippen LogP contribution in [0.25, 0.3) is 10.2 Å². The van der Waals surface area contributed by atoms with Gasteiger partial charge in [0.1, 0.15) is 10.0 Å². The molecule has 1 aliphatic rings. The van der Waals surface area contributed by atoms with E-state index >= 15 is 0 Å². The lowest BCUT2D eigenvalue weighted by Crippen LogP contribution is -2.44. The molecule has 2 amide bonds. The average molecular weight is 422 g/mol. The predicted octanol–water partition coefficient (Wildman–Crippen LogP) is 4.46. The number of fused-ring (bicyclic) bond motifs is 2. The molecule has 1 aromatic carbocycles. The van der Waals surface area contributed by atoms with Crippen LogP contribution in [0.3, 0.4) is 0 Å². The van der Waals surface area contributed by atoms with Crippen LogP contribution in [0.15, 0.2) is 30.3 Å². The van der Waals surface area contributed by atoms with E-state index in [-0.39, 0.29) is 23.9 Å². The van der Waals surface area contributed by atoms with Gasteiger partial charge in [-0.15, -0.1) is 11.3 Å². The van der Waals surface area contributed by atoms with Gasteiger partial charge in [-0.25, -0.2) is 0 Å². The number of H-pyrrole nitrogens is 1. The molecule has 1 aliphatic carbocycles. The standard InChI is InChI=1S/C19H17Cl2N3O2S/c1-2-14(25)24-16-10-6-4-3-5-9(10)7-11(16)23-19(26)12-8-13-17(22-12)15(20)18(21)27-13/h3-6,8,11,16,22H,2,7H2,1H3,(H,23,26)(H,24,25). The zero-order chi connectivity index (χ0) is 19.1. The molecule has 0 aliphatic heterocycles. The van der Waals surface area contributed by atoms with Gasteiger partial charge in [0.05, 0.1) is 27.3 Å². The molecule has 4 rings (SSSR count). The van der Waals surface area contributed by atoms with Crippen molar-refractivity contribution in [3.8, 4) is 0 Å². The maximum Gasteiger partial charge on any atom is 0.268 e. The van der Waals surface area contributed by atoms with Crippen molar-refractivity contribution in [2.45, 2.75) is 31.8 Å². The van der Waals surface area contributed by atoms with E-state index in [4.69, 9.17) is 23.2 Å². The van der Waals surface area contributed by atoms with Gasteiger partial charge in [-0.05, 0) is 23.6 Å². The number of aromatic nitrogens is 1. The van der Waals surface area contributed by atoms with Gasteiger partial charge in [-0.3, -0.25) is 9.59 Å². The van der Waals surface area contributed by atoms with Gasteiger partial charge < -0.3 is 15.6 Å². The first-order valence-corrected chi connectivity index (χ1v) is 10.2. The van der Waals surface area contributed by atoms with Gasteiger partial charge in [0.2, 0.25) is 5.91 Å². The fourth-order valence-electron chi connectivity index (χ4n) is 3.47. The van der Waals surface area contributed by atoms with Crippen molar-refractivity contribution >= 4 is 56.6 Å². The van der Waals surface area contributed by atoms with Crippen LogP contribution in [0.2, 0.25) is 9.36 Å². The fourth-order valence-corrected chi connectivity index (χ4v) is 4.95. The van der Waals surface area contributed by atoms with Gasteiger partial charge in [-0.2, -0.15) is 0 Å². The number of carbonyl (C=O) groups excluding carboxylic acids is 2. The van der Waals surface area contributed by atoms with E-state index in [2.05, 4.69) is 15.6 Å². The third-order valence-electron chi connectivity index (χ3n) is 4.80. The lowest BCUT2D eigenvalue weighted by atomic mass is 10.1. The van der Waals surface area contributed by atoms with Crippen molar-refractivity contribution < 1.29 is 9.59 Å². The highest BCUT2D eigenvalue weighted by Gasteiger charge is 2.34. The average Bonchev–Trinajstić information content (AvgIpc) is 3.29. The molecule has 2 unspecified atom stereocenters. The fraction of sp³-hybridized carbons (Fsp3) is 0.263. The first kappa shape index (κ1) is 18.3. The lowest BCUT2D eigenvalue weighted by Gasteiger charge is -2.22. The number of halogens is 2. The summed E-state index contributed by atoms with van der Waals surface area (Å²) in [4.78, 5) is 27.8. The highest BCUT2D eigenvalue weighted by molar-refractivity contribution is 7.23. The molecular formula is C19H17Cl2N3O2S. The third kappa shape index (κ3) is 3.33. The van der Waals surface area contributed by atoms with Crippen LogP contribution in [0.4, 0.5) is 0 Å². The molecule has 3 N–H and O–H groups in total. The number of hydrogen-bond acceptors (Lipinski definition) is 3. The maximum absolute atomic E-state index is 12.8. The van der Waals surface area contributed by atoms with Crippen molar-refractivity contribution in [1.82, 2.24) is 15.6 Å². The topological polar surface area (TPSA) is 74.0 Å². The molecule has 0 saturated carbocycles. The summed E-state index contributed by atoms with van der Waals surface area (Å²) in [6.45, 7) is 1.81. The molecule has 8 heteroatoms. The molecule has 0 saturated heterocycles. The molecule has 27 heavy (non-hydrogen) atoms. The quantitative estimate of drug-likeness (QED) is 0.581. The zero-order valence-electron chi connectivity index (χ0n) is 14.4. The molecule has 140 valence electrons. The molecule has 0 bridgehead atoms.